The molecule has 2 unspecified atom stereocenters. The summed E-state index contributed by atoms with van der Waals surface area (Å²) in [6.07, 6.45) is 4.01. The van der Waals surface area contributed by atoms with E-state index < -0.39 is 0 Å². The van der Waals surface area contributed by atoms with Gasteiger partial charge in [0.25, 0.3) is 0 Å². The Balaban J connectivity index is 0.00000242. The van der Waals surface area contributed by atoms with Gasteiger partial charge in [0.2, 0.25) is 0 Å². The number of aliphatic imine (C=N–C) groups is 1. The zero-order valence-corrected chi connectivity index (χ0v) is 17.5. The number of rotatable bonds is 5. The summed E-state index contributed by atoms with van der Waals surface area (Å²) in [7, 11) is 1.91. The summed E-state index contributed by atoms with van der Waals surface area (Å²) in [4.78, 5) is 9.53. The fraction of sp³-hybridized carbons (Fsp3) is 0.938. The van der Waals surface area contributed by atoms with Crippen molar-refractivity contribution in [2.75, 3.05) is 52.1 Å². The molecule has 0 saturated carbocycles. The molecule has 0 aromatic rings. The Morgan fingerprint density at radius 3 is 2.68 bits per heavy atom. The van der Waals surface area contributed by atoms with Crippen LogP contribution in [0.15, 0.2) is 4.99 Å². The lowest BCUT2D eigenvalue weighted by Crippen LogP contribution is -2.49. The summed E-state index contributed by atoms with van der Waals surface area (Å²) < 4.78 is 0. The summed E-state index contributed by atoms with van der Waals surface area (Å²) in [5.74, 6) is 3.01. The molecule has 2 saturated heterocycles. The highest BCUT2D eigenvalue weighted by Crippen LogP contribution is 2.21. The third kappa shape index (κ3) is 6.43. The number of thioether (sulfide) groups is 1. The van der Waals surface area contributed by atoms with E-state index in [2.05, 4.69) is 45.7 Å². The number of guanidine groups is 1. The van der Waals surface area contributed by atoms with Crippen molar-refractivity contribution in [1.82, 2.24) is 15.1 Å². The lowest BCUT2D eigenvalue weighted by molar-refractivity contribution is 0.285. The van der Waals surface area contributed by atoms with Gasteiger partial charge in [0, 0.05) is 44.2 Å². The molecule has 1 N–H and O–H groups in total. The lowest BCUT2D eigenvalue weighted by Gasteiger charge is -2.34. The highest BCUT2D eigenvalue weighted by Gasteiger charge is 2.22. The van der Waals surface area contributed by atoms with Crippen LogP contribution in [0.2, 0.25) is 0 Å². The first-order valence-electron chi connectivity index (χ1n) is 8.52. The van der Waals surface area contributed by atoms with E-state index in [4.69, 9.17) is 0 Å². The molecule has 2 aliphatic heterocycles. The number of nitrogens with zero attached hydrogens (tertiary/aromatic N) is 3. The van der Waals surface area contributed by atoms with Gasteiger partial charge in [0.15, 0.2) is 5.96 Å². The summed E-state index contributed by atoms with van der Waals surface area (Å²) in [5.41, 5.74) is 0. The maximum atomic E-state index is 4.49. The Hall–Kier alpha value is 0.310. The van der Waals surface area contributed by atoms with Crippen LogP contribution in [0.5, 0.6) is 0 Å². The summed E-state index contributed by atoms with van der Waals surface area (Å²) in [5, 5.41) is 4.36. The summed E-state index contributed by atoms with van der Waals surface area (Å²) in [6.45, 7) is 11.7. The minimum absolute atomic E-state index is 0. The topological polar surface area (TPSA) is 30.9 Å². The van der Waals surface area contributed by atoms with Gasteiger partial charge < -0.3 is 15.1 Å². The van der Waals surface area contributed by atoms with Gasteiger partial charge in [0.05, 0.1) is 0 Å². The fourth-order valence-electron chi connectivity index (χ4n) is 3.23. The quantitative estimate of drug-likeness (QED) is 0.405. The number of nitrogens with one attached hydrogen (secondary N) is 1. The predicted octanol–water partition coefficient (Wildman–Crippen LogP) is 2.74. The molecule has 6 heteroatoms. The third-order valence-electron chi connectivity index (χ3n) is 4.48. The average Bonchev–Trinajstić information content (AvgIpc) is 3.01. The zero-order chi connectivity index (χ0) is 15.1. The minimum Gasteiger partial charge on any atom is -0.356 e. The van der Waals surface area contributed by atoms with Crippen LogP contribution in [0, 0.1) is 5.92 Å². The monoisotopic (exact) mass is 440 g/mol. The van der Waals surface area contributed by atoms with Crippen molar-refractivity contribution < 1.29 is 0 Å². The highest BCUT2D eigenvalue weighted by atomic mass is 127. The van der Waals surface area contributed by atoms with E-state index in [1.807, 2.05) is 7.05 Å². The van der Waals surface area contributed by atoms with Crippen LogP contribution >= 0.6 is 35.7 Å². The van der Waals surface area contributed by atoms with Gasteiger partial charge in [-0.25, -0.2) is 0 Å². The lowest BCUT2D eigenvalue weighted by atomic mass is 10.1. The van der Waals surface area contributed by atoms with Gasteiger partial charge in [-0.15, -0.1) is 24.0 Å². The Bertz CT molecular complexity index is 334. The Kier molecular flexibility index (Phi) is 10.1. The maximum absolute atomic E-state index is 4.49. The van der Waals surface area contributed by atoms with Crippen LogP contribution in [0.25, 0.3) is 0 Å². The number of halogens is 1. The Morgan fingerprint density at radius 2 is 2.05 bits per heavy atom. The molecule has 2 atom stereocenters. The van der Waals surface area contributed by atoms with E-state index in [1.165, 1.54) is 44.6 Å². The van der Waals surface area contributed by atoms with Crippen molar-refractivity contribution in [2.24, 2.45) is 10.9 Å². The first-order valence-corrected chi connectivity index (χ1v) is 9.57. The summed E-state index contributed by atoms with van der Waals surface area (Å²) in [6, 6.07) is 0. The molecule has 0 radical (unpaired) electrons. The highest BCUT2D eigenvalue weighted by molar-refractivity contribution is 14.0. The van der Waals surface area contributed by atoms with Crippen molar-refractivity contribution in [2.45, 2.75) is 38.4 Å². The number of hydrogen-bond acceptors (Lipinski definition) is 3. The van der Waals surface area contributed by atoms with E-state index in [-0.39, 0.29) is 24.0 Å². The van der Waals surface area contributed by atoms with Gasteiger partial charge in [-0.05, 0) is 38.3 Å². The molecular formula is C16H33IN4S. The molecule has 2 aliphatic rings. The predicted molar refractivity (Wildman–Crippen MR) is 110 cm³/mol. The standard InChI is InChI=1S/C16H32N4S.HI/c1-4-15-13-20(9-10-21-15)16(17-3)18-11-14(2)12-19-7-5-6-8-19;/h14-15H,4-13H2,1-3H3,(H,17,18);1H. The molecule has 4 nitrogen and oxygen atoms in total. The van der Waals surface area contributed by atoms with Gasteiger partial charge in [-0.1, -0.05) is 13.8 Å². The summed E-state index contributed by atoms with van der Waals surface area (Å²) >= 11 is 2.11. The van der Waals surface area contributed by atoms with Crippen molar-refractivity contribution in [3.8, 4) is 0 Å². The maximum Gasteiger partial charge on any atom is 0.193 e. The minimum atomic E-state index is 0. The van der Waals surface area contributed by atoms with E-state index in [1.54, 1.807) is 0 Å². The molecular weight excluding hydrogens is 407 g/mol. The molecule has 0 aliphatic carbocycles. The molecule has 130 valence electrons. The molecule has 0 aromatic heterocycles. The van der Waals surface area contributed by atoms with Crippen LogP contribution in [-0.2, 0) is 0 Å². The van der Waals surface area contributed by atoms with Gasteiger partial charge >= 0.3 is 0 Å². The Morgan fingerprint density at radius 1 is 1.32 bits per heavy atom. The average molecular weight is 440 g/mol. The first kappa shape index (κ1) is 20.4. The second-order valence-corrected chi connectivity index (χ2v) is 7.80. The van der Waals surface area contributed by atoms with Crippen molar-refractivity contribution in [1.29, 1.82) is 0 Å². The molecule has 2 rings (SSSR count). The number of hydrogen-bond donors (Lipinski definition) is 1. The molecule has 0 spiro atoms. The van der Waals surface area contributed by atoms with E-state index >= 15 is 0 Å². The van der Waals surface area contributed by atoms with Crippen molar-refractivity contribution in [3.63, 3.8) is 0 Å². The van der Waals surface area contributed by atoms with E-state index in [0.717, 1.165) is 30.8 Å². The van der Waals surface area contributed by atoms with Crippen molar-refractivity contribution in [3.05, 3.63) is 0 Å². The van der Waals surface area contributed by atoms with Crippen LogP contribution in [0.1, 0.15) is 33.1 Å². The molecule has 2 fully saturated rings. The van der Waals surface area contributed by atoms with Gasteiger partial charge in [-0.2, -0.15) is 11.8 Å². The normalized spacial score (nSPS) is 25.0. The second kappa shape index (κ2) is 11.0. The zero-order valence-electron chi connectivity index (χ0n) is 14.4. The van der Waals surface area contributed by atoms with Crippen LogP contribution < -0.4 is 5.32 Å². The second-order valence-electron chi connectivity index (χ2n) is 6.39. The fourth-order valence-corrected chi connectivity index (χ4v) is 4.41. The van der Waals surface area contributed by atoms with Gasteiger partial charge in [0.1, 0.15) is 0 Å². The van der Waals surface area contributed by atoms with Crippen LogP contribution in [0.4, 0.5) is 0 Å². The molecule has 2 heterocycles. The third-order valence-corrected chi connectivity index (χ3v) is 5.85. The largest absolute Gasteiger partial charge is 0.356 e. The smallest absolute Gasteiger partial charge is 0.193 e. The number of likely N-dealkylation sites (tertiary alicyclic amines) is 1. The molecule has 0 bridgehead atoms. The van der Waals surface area contributed by atoms with Crippen LogP contribution in [0.3, 0.4) is 0 Å². The SMILES string of the molecule is CCC1CN(C(=NC)NCC(C)CN2CCCC2)CCS1.I. The van der Waals surface area contributed by atoms with Gasteiger partial charge in [-0.3, -0.25) is 4.99 Å². The van der Waals surface area contributed by atoms with E-state index in [9.17, 15) is 0 Å². The molecule has 22 heavy (non-hydrogen) atoms. The Labute approximate surface area is 157 Å². The molecule has 0 aromatic carbocycles. The van der Waals surface area contributed by atoms with E-state index in [0.29, 0.717) is 5.92 Å². The first-order chi connectivity index (χ1) is 10.2. The molecule has 0 amide bonds. The van der Waals surface area contributed by atoms with Crippen molar-refractivity contribution >= 4 is 41.7 Å². The van der Waals surface area contributed by atoms with Crippen LogP contribution in [-0.4, -0.2) is 73.1 Å².